The van der Waals surface area contributed by atoms with Gasteiger partial charge in [0.15, 0.2) is 0 Å². The molecule has 1 atom stereocenters. The lowest BCUT2D eigenvalue weighted by Crippen LogP contribution is -2.14. The summed E-state index contributed by atoms with van der Waals surface area (Å²) in [5.74, 6) is 6.88. The number of aromatic nitrogens is 2. The van der Waals surface area contributed by atoms with Crippen LogP contribution in [-0.4, -0.2) is 40.0 Å². The summed E-state index contributed by atoms with van der Waals surface area (Å²) in [6, 6.07) is 7.39. The molecule has 0 aliphatic rings. The second-order valence-electron chi connectivity index (χ2n) is 4.56. The van der Waals surface area contributed by atoms with Gasteiger partial charge in [-0.25, -0.2) is 4.98 Å². The minimum atomic E-state index is -0.336. The third kappa shape index (κ3) is 7.32. The molecule has 0 spiro atoms. The van der Waals surface area contributed by atoms with Crippen LogP contribution >= 0.6 is 39.7 Å². The predicted molar refractivity (Wildman–Crippen MR) is 107 cm³/mol. The molecule has 0 fully saturated rings. The van der Waals surface area contributed by atoms with Crippen molar-refractivity contribution in [1.29, 1.82) is 0 Å². The van der Waals surface area contributed by atoms with Crippen LogP contribution in [0.4, 0.5) is 0 Å². The van der Waals surface area contributed by atoms with Crippen molar-refractivity contribution in [3.05, 3.63) is 52.5 Å². The maximum atomic E-state index is 9.57. The summed E-state index contributed by atoms with van der Waals surface area (Å²) in [6.07, 6.45) is 9.42. The molecule has 0 radical (unpaired) electrons. The Hall–Kier alpha value is -0.910. The van der Waals surface area contributed by atoms with Crippen molar-refractivity contribution < 1.29 is 9.29 Å². The highest BCUT2D eigenvalue weighted by molar-refractivity contribution is 9.10. The molecule has 1 N–H and O–H groups in total. The van der Waals surface area contributed by atoms with E-state index in [4.69, 9.17) is 4.18 Å². The highest BCUT2D eigenvalue weighted by Gasteiger charge is 2.11. The monoisotopic (exact) mass is 428 g/mol. The summed E-state index contributed by atoms with van der Waals surface area (Å²) in [4.78, 5) is 4.23. The van der Waals surface area contributed by atoms with Gasteiger partial charge in [0.25, 0.3) is 0 Å². The predicted octanol–water partition coefficient (Wildman–Crippen LogP) is 4.00. The highest BCUT2D eigenvalue weighted by Crippen LogP contribution is 2.13. The third-order valence-corrected chi connectivity index (χ3v) is 3.67. The maximum absolute atomic E-state index is 9.57. The Labute approximate surface area is 160 Å². The van der Waals surface area contributed by atoms with Gasteiger partial charge in [-0.1, -0.05) is 27.8 Å². The lowest BCUT2D eigenvalue weighted by molar-refractivity contribution is 0.249. The zero-order valence-electron chi connectivity index (χ0n) is 13.9. The molecule has 0 aliphatic heterocycles. The van der Waals surface area contributed by atoms with Crippen molar-refractivity contribution in [2.24, 2.45) is 0 Å². The second-order valence-corrected chi connectivity index (χ2v) is 6.86. The number of hydrogen-bond donors (Lipinski definition) is 1. The summed E-state index contributed by atoms with van der Waals surface area (Å²) in [6.45, 7) is 0.302. The van der Waals surface area contributed by atoms with Gasteiger partial charge in [-0.05, 0) is 48.8 Å². The van der Waals surface area contributed by atoms with Crippen molar-refractivity contribution in [1.82, 2.24) is 9.55 Å². The Kier molecular flexibility index (Phi) is 11.0. The van der Waals surface area contributed by atoms with Crippen molar-refractivity contribution in [2.45, 2.75) is 12.6 Å². The topological polar surface area (TPSA) is 47.3 Å². The Morgan fingerprint density at radius 3 is 2.54 bits per heavy atom. The Morgan fingerprint density at radius 2 is 1.96 bits per heavy atom. The fraction of sp³-hybridized carbons (Fsp3) is 0.353. The summed E-state index contributed by atoms with van der Waals surface area (Å²) in [5, 5.41) is 9.57. The van der Waals surface area contributed by atoms with E-state index in [-0.39, 0.29) is 12.6 Å². The van der Waals surface area contributed by atoms with Gasteiger partial charge in [0.05, 0.1) is 6.61 Å². The molecule has 4 nitrogen and oxygen atoms in total. The minimum Gasteiger partial charge on any atom is -0.393 e. The number of rotatable bonds is 5. The number of nitrogens with zero attached hydrogens (tertiary/aromatic N) is 2. The molecular weight excluding hydrogens is 408 g/mol. The number of thioether (sulfide) groups is 1. The van der Waals surface area contributed by atoms with Crippen LogP contribution in [0.5, 0.6) is 0 Å². The van der Waals surface area contributed by atoms with Gasteiger partial charge in [0.2, 0.25) is 0 Å². The fourth-order valence-corrected chi connectivity index (χ4v) is 2.24. The van der Waals surface area contributed by atoms with E-state index >= 15 is 0 Å². The molecule has 130 valence electrons. The van der Waals surface area contributed by atoms with E-state index in [9.17, 15) is 5.11 Å². The zero-order chi connectivity index (χ0) is 17.8. The van der Waals surface area contributed by atoms with Crippen LogP contribution in [0.2, 0.25) is 0 Å². The van der Waals surface area contributed by atoms with Gasteiger partial charge in [0.1, 0.15) is 18.5 Å². The normalized spacial score (nSPS) is 11.0. The summed E-state index contributed by atoms with van der Waals surface area (Å²) < 4.78 is 8.13. The first-order chi connectivity index (χ1) is 11.7. The molecular formula is C17H21BrN2O2S2. The van der Waals surface area contributed by atoms with Crippen LogP contribution < -0.4 is 0 Å². The molecule has 7 heteroatoms. The van der Waals surface area contributed by atoms with Crippen LogP contribution in [0.3, 0.4) is 0 Å². The SMILES string of the molecule is CSC.CSOCc1nccn1C(C#Cc1ccc(Br)cc1)CO. The van der Waals surface area contributed by atoms with E-state index in [2.05, 4.69) is 32.8 Å². The summed E-state index contributed by atoms with van der Waals surface area (Å²) in [5.41, 5.74) is 0.902. The van der Waals surface area contributed by atoms with Crippen LogP contribution in [0, 0.1) is 11.8 Å². The van der Waals surface area contributed by atoms with Crippen LogP contribution in [0.1, 0.15) is 17.4 Å². The molecule has 24 heavy (non-hydrogen) atoms. The van der Waals surface area contributed by atoms with Crippen molar-refractivity contribution >= 4 is 39.7 Å². The summed E-state index contributed by atoms with van der Waals surface area (Å²) >= 11 is 6.42. The first-order valence-electron chi connectivity index (χ1n) is 7.11. The van der Waals surface area contributed by atoms with Crippen LogP contribution in [-0.2, 0) is 10.8 Å². The van der Waals surface area contributed by atoms with E-state index in [1.165, 1.54) is 12.0 Å². The molecule has 0 bridgehead atoms. The number of imidazole rings is 1. The number of aliphatic hydroxyl groups excluding tert-OH is 1. The molecule has 0 amide bonds. The van der Waals surface area contributed by atoms with Gasteiger partial charge in [-0.2, -0.15) is 11.8 Å². The van der Waals surface area contributed by atoms with E-state index in [0.717, 1.165) is 15.9 Å². The largest absolute Gasteiger partial charge is 0.393 e. The lowest BCUT2D eigenvalue weighted by atomic mass is 10.2. The smallest absolute Gasteiger partial charge is 0.137 e. The van der Waals surface area contributed by atoms with Gasteiger partial charge >= 0.3 is 0 Å². The molecule has 1 aromatic carbocycles. The molecule has 0 saturated carbocycles. The van der Waals surface area contributed by atoms with Gasteiger partial charge in [-0.3, -0.25) is 0 Å². The van der Waals surface area contributed by atoms with E-state index in [1.807, 2.05) is 47.6 Å². The first-order valence-corrected chi connectivity index (χ1v) is 10.7. The Bertz CT molecular complexity index is 651. The van der Waals surface area contributed by atoms with E-state index in [0.29, 0.717) is 6.61 Å². The number of benzene rings is 1. The second kappa shape index (κ2) is 12.5. The number of halogens is 1. The summed E-state index contributed by atoms with van der Waals surface area (Å²) in [7, 11) is 0. The van der Waals surface area contributed by atoms with Crippen molar-refractivity contribution in [3.63, 3.8) is 0 Å². The van der Waals surface area contributed by atoms with Crippen molar-refractivity contribution in [3.8, 4) is 11.8 Å². The average Bonchev–Trinajstić information content (AvgIpc) is 3.04. The standard InChI is InChI=1S/C15H15BrN2O2S.C2H6S/c1-21-20-11-15-17-8-9-18(15)14(10-19)7-4-12-2-5-13(16)6-3-12;1-3-2/h2-3,5-6,8-9,14,19H,10-11H2,1H3;1-2H3. The molecule has 1 heterocycles. The zero-order valence-corrected chi connectivity index (χ0v) is 17.1. The molecule has 1 aromatic heterocycles. The Balaban J connectivity index is 0.000000891. The molecule has 0 saturated heterocycles. The molecule has 0 aliphatic carbocycles. The fourth-order valence-electron chi connectivity index (χ4n) is 1.75. The molecule has 2 rings (SSSR count). The van der Waals surface area contributed by atoms with Crippen LogP contribution in [0.15, 0.2) is 41.1 Å². The average molecular weight is 429 g/mol. The van der Waals surface area contributed by atoms with Gasteiger partial charge in [0, 0.05) is 28.7 Å². The van der Waals surface area contributed by atoms with E-state index in [1.54, 1.807) is 24.2 Å². The van der Waals surface area contributed by atoms with Crippen LogP contribution in [0.25, 0.3) is 0 Å². The number of aliphatic hydroxyl groups is 1. The van der Waals surface area contributed by atoms with E-state index < -0.39 is 0 Å². The number of hydrogen-bond acceptors (Lipinski definition) is 5. The maximum Gasteiger partial charge on any atom is 0.137 e. The first kappa shape index (κ1) is 21.1. The lowest BCUT2D eigenvalue weighted by Gasteiger charge is -2.12. The molecule has 1 unspecified atom stereocenters. The van der Waals surface area contributed by atoms with Crippen molar-refractivity contribution in [2.75, 3.05) is 25.4 Å². The Morgan fingerprint density at radius 1 is 1.29 bits per heavy atom. The quantitative estimate of drug-likeness (QED) is 0.575. The third-order valence-electron chi connectivity index (χ3n) is 2.79. The van der Waals surface area contributed by atoms with Gasteiger partial charge in [-0.15, -0.1) is 0 Å². The van der Waals surface area contributed by atoms with Gasteiger partial charge < -0.3 is 13.9 Å². The highest BCUT2D eigenvalue weighted by atomic mass is 79.9. The minimum absolute atomic E-state index is 0.0772. The molecule has 2 aromatic rings.